The smallest absolute Gasteiger partial charge is 0.237 e. The standard InChI is InChI=1S/C12H18N4OS/c1-15-4-3-9(8-15)13-7-10-11(17-2)14-12-16(10)5-6-18-12/h5-6,9,13H,3-4,7-8H2,1-2H3. The van der Waals surface area contributed by atoms with Gasteiger partial charge in [-0.2, -0.15) is 4.98 Å². The highest BCUT2D eigenvalue weighted by Gasteiger charge is 2.20. The second-order valence-electron chi connectivity index (χ2n) is 4.75. The number of nitrogens with zero attached hydrogens (tertiary/aromatic N) is 3. The first kappa shape index (κ1) is 12.0. The molecular formula is C12H18N4OS. The number of fused-ring (bicyclic) bond motifs is 1. The van der Waals surface area contributed by atoms with Crippen LogP contribution in [0.25, 0.3) is 4.96 Å². The predicted octanol–water partition coefficient (Wildman–Crippen LogP) is 1.20. The number of aromatic nitrogens is 2. The largest absolute Gasteiger partial charge is 0.480 e. The first-order valence-electron chi connectivity index (χ1n) is 6.18. The number of likely N-dealkylation sites (N-methyl/N-ethyl adjacent to an activating group) is 1. The highest BCUT2D eigenvalue weighted by molar-refractivity contribution is 7.15. The molecule has 1 atom stereocenters. The lowest BCUT2D eigenvalue weighted by Crippen LogP contribution is -2.31. The zero-order valence-corrected chi connectivity index (χ0v) is 11.5. The maximum Gasteiger partial charge on any atom is 0.237 e. The minimum Gasteiger partial charge on any atom is -0.480 e. The van der Waals surface area contributed by atoms with Crippen LogP contribution in [0.1, 0.15) is 12.1 Å². The Kier molecular flexibility index (Phi) is 3.23. The maximum absolute atomic E-state index is 5.35. The molecule has 18 heavy (non-hydrogen) atoms. The Bertz CT molecular complexity index is 535. The van der Waals surface area contributed by atoms with Crippen LogP contribution in [0.5, 0.6) is 5.88 Å². The molecule has 0 amide bonds. The van der Waals surface area contributed by atoms with Gasteiger partial charge in [-0.15, -0.1) is 11.3 Å². The van der Waals surface area contributed by atoms with Gasteiger partial charge >= 0.3 is 0 Å². The Labute approximate surface area is 110 Å². The number of rotatable bonds is 4. The summed E-state index contributed by atoms with van der Waals surface area (Å²) < 4.78 is 7.46. The van der Waals surface area contributed by atoms with Crippen molar-refractivity contribution >= 4 is 16.3 Å². The van der Waals surface area contributed by atoms with Gasteiger partial charge in [0.15, 0.2) is 4.96 Å². The number of imidazole rings is 1. The predicted molar refractivity (Wildman–Crippen MR) is 72.4 cm³/mol. The number of thiazole rings is 1. The van der Waals surface area contributed by atoms with E-state index >= 15 is 0 Å². The van der Waals surface area contributed by atoms with Crippen LogP contribution < -0.4 is 10.1 Å². The van der Waals surface area contributed by atoms with Crippen molar-refractivity contribution in [2.75, 3.05) is 27.2 Å². The number of methoxy groups -OCH3 is 1. The minimum absolute atomic E-state index is 0.573. The van der Waals surface area contributed by atoms with Gasteiger partial charge in [-0.1, -0.05) is 0 Å². The molecule has 3 heterocycles. The highest BCUT2D eigenvalue weighted by atomic mass is 32.1. The van der Waals surface area contributed by atoms with Gasteiger partial charge in [-0.25, -0.2) is 0 Å². The van der Waals surface area contributed by atoms with E-state index in [4.69, 9.17) is 4.74 Å². The molecular weight excluding hydrogens is 248 g/mol. The van der Waals surface area contributed by atoms with Gasteiger partial charge in [-0.05, 0) is 20.0 Å². The van der Waals surface area contributed by atoms with Crippen molar-refractivity contribution in [2.24, 2.45) is 0 Å². The Morgan fingerprint density at radius 1 is 1.61 bits per heavy atom. The fourth-order valence-corrected chi connectivity index (χ4v) is 3.20. The number of hydrogen-bond donors (Lipinski definition) is 1. The summed E-state index contributed by atoms with van der Waals surface area (Å²) in [6.07, 6.45) is 3.26. The molecule has 0 bridgehead atoms. The highest BCUT2D eigenvalue weighted by Crippen LogP contribution is 2.23. The quantitative estimate of drug-likeness (QED) is 0.903. The molecule has 2 aromatic rings. The molecule has 1 saturated heterocycles. The van der Waals surface area contributed by atoms with E-state index in [-0.39, 0.29) is 0 Å². The monoisotopic (exact) mass is 266 g/mol. The molecule has 0 aromatic carbocycles. The van der Waals surface area contributed by atoms with Gasteiger partial charge in [0.1, 0.15) is 5.69 Å². The normalized spacial score (nSPS) is 20.9. The van der Waals surface area contributed by atoms with Crippen molar-refractivity contribution in [2.45, 2.75) is 19.0 Å². The van der Waals surface area contributed by atoms with E-state index < -0.39 is 0 Å². The fourth-order valence-electron chi connectivity index (χ4n) is 2.48. The van der Waals surface area contributed by atoms with Crippen molar-refractivity contribution in [3.63, 3.8) is 0 Å². The minimum atomic E-state index is 0.573. The van der Waals surface area contributed by atoms with Crippen molar-refractivity contribution in [1.29, 1.82) is 0 Å². The van der Waals surface area contributed by atoms with Gasteiger partial charge in [-0.3, -0.25) is 4.40 Å². The maximum atomic E-state index is 5.35. The van der Waals surface area contributed by atoms with E-state index in [1.807, 2.05) is 6.20 Å². The number of likely N-dealkylation sites (tertiary alicyclic amines) is 1. The molecule has 1 aliphatic heterocycles. The number of ether oxygens (including phenoxy) is 1. The van der Waals surface area contributed by atoms with Gasteiger partial charge in [0.25, 0.3) is 0 Å². The van der Waals surface area contributed by atoms with E-state index in [9.17, 15) is 0 Å². The van der Waals surface area contributed by atoms with Crippen molar-refractivity contribution in [3.8, 4) is 5.88 Å². The summed E-state index contributed by atoms with van der Waals surface area (Å²) in [6, 6.07) is 0.573. The number of hydrogen-bond acceptors (Lipinski definition) is 5. The van der Waals surface area contributed by atoms with Crippen LogP contribution in [0.3, 0.4) is 0 Å². The third-order valence-electron chi connectivity index (χ3n) is 3.47. The van der Waals surface area contributed by atoms with E-state index in [0.29, 0.717) is 6.04 Å². The zero-order valence-electron chi connectivity index (χ0n) is 10.7. The zero-order chi connectivity index (χ0) is 12.5. The summed E-state index contributed by atoms with van der Waals surface area (Å²) in [7, 11) is 3.84. The van der Waals surface area contributed by atoms with Crippen LogP contribution in [0.4, 0.5) is 0 Å². The molecule has 1 aliphatic rings. The Balaban J connectivity index is 1.74. The second-order valence-corrected chi connectivity index (χ2v) is 5.63. The van der Waals surface area contributed by atoms with Crippen LogP contribution in [-0.2, 0) is 6.54 Å². The molecule has 3 rings (SSSR count). The Hall–Kier alpha value is -1.11. The molecule has 98 valence electrons. The Morgan fingerprint density at radius 3 is 3.22 bits per heavy atom. The first-order chi connectivity index (χ1) is 8.78. The van der Waals surface area contributed by atoms with E-state index in [0.717, 1.165) is 29.6 Å². The van der Waals surface area contributed by atoms with E-state index in [2.05, 4.69) is 32.0 Å². The topological polar surface area (TPSA) is 41.8 Å². The summed E-state index contributed by atoms with van der Waals surface area (Å²) in [5.41, 5.74) is 1.11. The molecule has 5 nitrogen and oxygen atoms in total. The summed E-state index contributed by atoms with van der Waals surface area (Å²) in [5, 5.41) is 5.64. The van der Waals surface area contributed by atoms with Gasteiger partial charge in [0.2, 0.25) is 5.88 Å². The SMILES string of the molecule is COc1nc2sccn2c1CNC1CCN(C)C1. The van der Waals surface area contributed by atoms with Crippen molar-refractivity contribution < 1.29 is 4.74 Å². The lowest BCUT2D eigenvalue weighted by Gasteiger charge is -2.12. The molecule has 6 heteroatoms. The Morgan fingerprint density at radius 2 is 2.50 bits per heavy atom. The van der Waals surface area contributed by atoms with Gasteiger partial charge < -0.3 is 15.0 Å². The van der Waals surface area contributed by atoms with Gasteiger partial charge in [0, 0.05) is 30.7 Å². The molecule has 1 fully saturated rings. The third kappa shape index (κ3) is 2.11. The summed E-state index contributed by atoms with van der Waals surface area (Å²) in [5.74, 6) is 0.737. The van der Waals surface area contributed by atoms with Crippen LogP contribution in [0.2, 0.25) is 0 Å². The van der Waals surface area contributed by atoms with E-state index in [1.54, 1.807) is 18.4 Å². The molecule has 0 aliphatic carbocycles. The molecule has 2 aromatic heterocycles. The summed E-state index contributed by atoms with van der Waals surface area (Å²) in [6.45, 7) is 3.10. The lowest BCUT2D eigenvalue weighted by molar-refractivity contribution is 0.383. The summed E-state index contributed by atoms with van der Waals surface area (Å²) >= 11 is 1.63. The molecule has 0 spiro atoms. The van der Waals surface area contributed by atoms with Gasteiger partial charge in [0.05, 0.1) is 7.11 Å². The average Bonchev–Trinajstić information content (AvgIpc) is 3.02. The van der Waals surface area contributed by atoms with Crippen molar-refractivity contribution in [1.82, 2.24) is 19.6 Å². The first-order valence-corrected chi connectivity index (χ1v) is 7.06. The molecule has 1 unspecified atom stereocenters. The van der Waals surface area contributed by atoms with Crippen LogP contribution >= 0.6 is 11.3 Å². The fraction of sp³-hybridized carbons (Fsp3) is 0.583. The van der Waals surface area contributed by atoms with Crippen LogP contribution in [-0.4, -0.2) is 47.6 Å². The van der Waals surface area contributed by atoms with E-state index in [1.165, 1.54) is 13.0 Å². The van der Waals surface area contributed by atoms with Crippen molar-refractivity contribution in [3.05, 3.63) is 17.3 Å². The average molecular weight is 266 g/mol. The lowest BCUT2D eigenvalue weighted by atomic mass is 10.2. The summed E-state index contributed by atoms with van der Waals surface area (Å²) in [4.78, 5) is 7.81. The molecule has 0 saturated carbocycles. The third-order valence-corrected chi connectivity index (χ3v) is 4.22. The number of nitrogens with one attached hydrogen (secondary N) is 1. The molecule has 1 N–H and O–H groups in total. The van der Waals surface area contributed by atoms with Crippen LogP contribution in [0.15, 0.2) is 11.6 Å². The molecule has 0 radical (unpaired) electrons. The second kappa shape index (κ2) is 4.87. The van der Waals surface area contributed by atoms with Crippen LogP contribution in [0, 0.1) is 0 Å².